The predicted molar refractivity (Wildman–Crippen MR) is 483 cm³/mol. The summed E-state index contributed by atoms with van der Waals surface area (Å²) >= 11 is 0.600. The highest BCUT2D eigenvalue weighted by molar-refractivity contribution is 8.00. The number of carboxylic acid groups (broad SMARTS) is 2. The zero-order valence-electron chi connectivity index (χ0n) is 75.7. The average molecular weight is 1920 g/mol. The van der Waals surface area contributed by atoms with Gasteiger partial charge in [0.05, 0.1) is 38.0 Å². The molecule has 44 heteroatoms. The summed E-state index contributed by atoms with van der Waals surface area (Å²) in [7, 11) is 3.42. The normalized spacial score (nSPS) is 23.9. The molecule has 0 bridgehead atoms. The number of aliphatic hydroxyl groups excluding tert-OH is 1. The Morgan fingerprint density at radius 1 is 0.551 bits per heavy atom. The monoisotopic (exact) mass is 1920 g/mol. The van der Waals surface area contributed by atoms with Crippen molar-refractivity contribution < 1.29 is 124 Å². The number of phenolic OH excluding ortho intramolecular Hbond substituents is 1. The number of unbranched alkanes of at least 4 members (excludes halogenated alkanes) is 1. The first-order valence-electron chi connectivity index (χ1n) is 44.3. The number of benzene rings is 5. The zero-order chi connectivity index (χ0) is 99.5. The highest BCUT2D eigenvalue weighted by Gasteiger charge is 2.48. The molecule has 9 rings (SSSR count). The number of phenols is 1. The average Bonchev–Trinajstić information content (AvgIpc) is 1.65. The van der Waals surface area contributed by atoms with Crippen molar-refractivity contribution in [3.05, 3.63) is 173 Å². The van der Waals surface area contributed by atoms with Crippen LogP contribution in [0.25, 0.3) is 10.9 Å². The second kappa shape index (κ2) is 50.1. The van der Waals surface area contributed by atoms with Gasteiger partial charge in [-0.05, 0) is 108 Å². The molecule has 0 spiro atoms. The number of aromatic amines is 1. The maximum Gasteiger partial charge on any atom is 0.305 e. The maximum absolute atomic E-state index is 15.7. The maximum atomic E-state index is 15.7. The number of primary amides is 1. The topological polar surface area (TPSA) is 573 Å². The van der Waals surface area contributed by atoms with E-state index in [-0.39, 0.29) is 63.0 Å². The molecule has 5 aromatic carbocycles. The van der Waals surface area contributed by atoms with Crippen LogP contribution in [-0.2, 0) is 118 Å². The minimum Gasteiger partial charge on any atom is -0.508 e. The number of aliphatic hydroxyl groups is 1. The molecule has 18 N–H and O–H groups in total. The number of ether oxygens (including phenoxy) is 1. The summed E-state index contributed by atoms with van der Waals surface area (Å²) in [6, 6.07) is 2.85. The number of halogens is 4. The molecular formula is C92H115F4N17O22S. The molecule has 3 aliphatic rings. The van der Waals surface area contributed by atoms with Crippen LogP contribution in [0.3, 0.4) is 0 Å². The summed E-state index contributed by atoms with van der Waals surface area (Å²) in [4.78, 5) is 258. The first kappa shape index (κ1) is 106. The number of morpholine rings is 1. The van der Waals surface area contributed by atoms with E-state index in [1.165, 1.54) is 57.3 Å². The van der Waals surface area contributed by atoms with Crippen molar-refractivity contribution in [2.24, 2.45) is 17.4 Å². The molecule has 15 amide bonds. The molecule has 4 heterocycles. The second-order valence-electron chi connectivity index (χ2n) is 34.0. The second-order valence-corrected chi connectivity index (χ2v) is 35.0. The number of aromatic hydroxyl groups is 1. The van der Waals surface area contributed by atoms with Crippen LogP contribution in [-0.4, -0.2) is 307 Å². The number of thioether (sulfide) groups is 1. The molecule has 3 saturated heterocycles. The fraction of sp³-hybridized carbons (Fsp3) is 0.467. The number of nitrogens with one attached hydrogen (secondary N) is 10. The van der Waals surface area contributed by atoms with Crippen LogP contribution in [0.4, 0.5) is 17.6 Å². The van der Waals surface area contributed by atoms with E-state index in [2.05, 4.69) is 52.8 Å². The third kappa shape index (κ3) is 29.4. The molecule has 39 nitrogen and oxygen atoms in total. The minimum absolute atomic E-state index is 0.0137. The van der Waals surface area contributed by atoms with E-state index in [0.717, 1.165) is 50.7 Å². The predicted octanol–water partition coefficient (Wildman–Crippen LogP) is -0.235. The largest absolute Gasteiger partial charge is 0.508 e. The molecule has 0 radical (unpaired) electrons. The molecule has 0 saturated carbocycles. The number of nitrogens with two attached hydrogens (primary N) is 2. The Kier molecular flexibility index (Phi) is 39.1. The third-order valence-electron chi connectivity index (χ3n) is 23.6. The van der Waals surface area contributed by atoms with Gasteiger partial charge in [-0.1, -0.05) is 106 Å². The molecule has 1 aromatic heterocycles. The Morgan fingerprint density at radius 2 is 1.12 bits per heavy atom. The fourth-order valence-electron chi connectivity index (χ4n) is 16.1. The summed E-state index contributed by atoms with van der Waals surface area (Å²) in [5, 5.41) is 65.6. The zero-order valence-corrected chi connectivity index (χ0v) is 76.5. The molecule has 3 fully saturated rings. The number of nitrogens with zero attached hydrogens (tertiary/aromatic N) is 5. The van der Waals surface area contributed by atoms with Crippen LogP contribution in [0.1, 0.15) is 106 Å². The van der Waals surface area contributed by atoms with Gasteiger partial charge in [-0.3, -0.25) is 81.5 Å². The number of H-pyrrole nitrogens is 1. The van der Waals surface area contributed by atoms with Gasteiger partial charge >= 0.3 is 11.9 Å². The van der Waals surface area contributed by atoms with Gasteiger partial charge in [0.15, 0.2) is 17.5 Å². The van der Waals surface area contributed by atoms with E-state index in [1.807, 2.05) is 0 Å². The van der Waals surface area contributed by atoms with E-state index in [0.29, 0.717) is 57.9 Å². The number of amides is 15. The van der Waals surface area contributed by atoms with Crippen LogP contribution in [0, 0.1) is 29.2 Å². The van der Waals surface area contributed by atoms with Crippen molar-refractivity contribution in [3.63, 3.8) is 0 Å². The van der Waals surface area contributed by atoms with Gasteiger partial charge in [0.25, 0.3) is 0 Å². The minimum atomic E-state index is -2.09. The summed E-state index contributed by atoms with van der Waals surface area (Å²) in [5.74, 6) is -28.3. The van der Waals surface area contributed by atoms with E-state index >= 15 is 51.9 Å². The number of rotatable bonds is 25. The molecule has 0 unspecified atom stereocenters. The van der Waals surface area contributed by atoms with Crippen LogP contribution >= 0.6 is 11.8 Å². The fourth-order valence-corrected chi connectivity index (χ4v) is 17.0. The Balaban J connectivity index is 1.15. The van der Waals surface area contributed by atoms with Crippen LogP contribution in [0.15, 0.2) is 121 Å². The Morgan fingerprint density at radius 3 is 1.76 bits per heavy atom. The smallest absolute Gasteiger partial charge is 0.305 e. The number of fused-ring (bicyclic) bond motifs is 3. The Hall–Kier alpha value is -13.6. The number of likely N-dealkylation sites (N-methyl/N-ethyl adjacent to an activating group) is 3. The van der Waals surface area contributed by atoms with Gasteiger partial charge in [-0.25, -0.2) is 17.6 Å². The van der Waals surface area contributed by atoms with E-state index in [1.54, 1.807) is 67.7 Å². The highest BCUT2D eigenvalue weighted by Crippen LogP contribution is 2.28. The molecule has 0 aliphatic carbocycles. The van der Waals surface area contributed by atoms with Crippen molar-refractivity contribution in [1.82, 2.24) is 77.3 Å². The van der Waals surface area contributed by atoms with Crippen LogP contribution in [0.2, 0.25) is 0 Å². The van der Waals surface area contributed by atoms with Gasteiger partial charge in [-0.15, -0.1) is 11.8 Å². The van der Waals surface area contributed by atoms with Crippen LogP contribution < -0.4 is 59.3 Å². The van der Waals surface area contributed by atoms with Crippen molar-refractivity contribution in [1.29, 1.82) is 0 Å². The number of hydrogen-bond donors (Lipinski definition) is 16. The Bertz CT molecular complexity index is 5290. The SMILES string of the molecule is CCCC[C@H]1C(=O)N2C[C@H](O)C[C@@H]2C(=O)N[C@@H](CC(=O)O)C(=O)N[C@@H](C(C)C)C(=O)N(C)[C@@H](Cc2ccccc2)C(=O)N[C@@H](CCC(=O)O)C(=O)N2CCOC[C@@H]2C(=O)N[C@@H](Cc2c[nH]c3ccccc23)C(=O)N[C@@H](Cc2ccc(O)cc2)C(=O)N[C@@H](CCCN)C(=O)N[C@H](C(=O)NCC(N)=O)CSCC(=O)N[C@@H](Cc2cc(F)c(F)c(F)c2)C(=O)N(C)[C@@H](Cc2ccc(F)cc2)C(=O)N1C. The quantitative estimate of drug-likeness (QED) is 0.0260. The van der Waals surface area contributed by atoms with Gasteiger partial charge < -0.3 is 114 Å². The first-order chi connectivity index (χ1) is 64.6. The van der Waals surface area contributed by atoms with Gasteiger partial charge in [0, 0.05) is 102 Å². The molecule has 734 valence electrons. The summed E-state index contributed by atoms with van der Waals surface area (Å²) in [6.45, 7) is 1.92. The number of hydrogen-bond acceptors (Lipinski definition) is 22. The lowest BCUT2D eigenvalue weighted by Gasteiger charge is -2.38. The summed E-state index contributed by atoms with van der Waals surface area (Å²) in [6.07, 6.45) is -5.60. The van der Waals surface area contributed by atoms with Gasteiger partial charge in [0.2, 0.25) is 88.6 Å². The lowest BCUT2D eigenvalue weighted by atomic mass is 9.98. The van der Waals surface area contributed by atoms with Crippen molar-refractivity contribution in [2.45, 2.75) is 195 Å². The molecule has 3 aliphatic heterocycles. The Labute approximate surface area is 784 Å². The number of carbonyl (C=O) groups is 17. The van der Waals surface area contributed by atoms with Crippen molar-refractivity contribution in [3.8, 4) is 5.75 Å². The molecule has 14 atom stereocenters. The summed E-state index contributed by atoms with van der Waals surface area (Å²) in [5.41, 5.74) is 12.9. The third-order valence-corrected chi connectivity index (χ3v) is 24.7. The van der Waals surface area contributed by atoms with Crippen LogP contribution in [0.5, 0.6) is 5.75 Å². The van der Waals surface area contributed by atoms with Gasteiger partial charge in [0.1, 0.15) is 90.1 Å². The molecule has 136 heavy (non-hydrogen) atoms. The number of carbonyl (C=O) groups excluding carboxylic acids is 15. The standard InChI is InChI=1S/C92H115F4N17O22S/c1-7-8-20-69-91(133)113-45-57(115)41-71(113)86(128)106-66(42-77(120)121)84(126)108-79(49(2)3)92(134)110(5)70(38-50-15-10-9-11-16-50)85(127)103-63(29-30-76(118)119)89(131)112-32-33-135-46-73(112)87(129)105-65(40-54-43-99-61-18-13-12-17-58(54)61)83(125)104-64(36-51-23-27-56(114)28-24-51)82(124)102-62(19-14-31-97)81(123)107-68(80(122)100-44-74(98)116)47-136-48-75(117)101-67(37-53-34-59(94)78(96)60(95)35-53)88(130)111(6)72(90(132)109(69)4)39-52-21-25-55(93)26-22-52/h9-13,15-18,21-28,34-35,43,49,57,62-73,79,99,114-115H,7-8,14,19-20,29-33,36-42,44-48,97H2,1-6H3,(H2,98,116)(H,100,122)(H,101,117)(H,102,124)(H,103,127)(H,104,125)(H,105,129)(H,106,128)(H,107,123)(H,108,126)(H,118,119)(H,120,121)/t57-,62+,63+,64+,65+,66+,67+,68+,69+,70+,71-,72+,73-,79+/m1/s1. The summed E-state index contributed by atoms with van der Waals surface area (Å²) < 4.78 is 65.6. The number of aliphatic carboxylic acids is 2. The highest BCUT2D eigenvalue weighted by atomic mass is 32.2. The lowest BCUT2D eigenvalue weighted by molar-refractivity contribution is -0.152. The van der Waals surface area contributed by atoms with E-state index in [4.69, 9.17) is 16.2 Å². The number of para-hydroxylation sites is 1. The van der Waals surface area contributed by atoms with Gasteiger partial charge in [-0.2, -0.15) is 0 Å². The number of carboxylic acids is 2. The lowest BCUT2D eigenvalue weighted by Crippen LogP contribution is -2.64. The number of aromatic nitrogens is 1. The van der Waals surface area contributed by atoms with Crippen molar-refractivity contribution >= 4 is 123 Å². The molecular weight excluding hydrogens is 1800 g/mol. The first-order valence-corrected chi connectivity index (χ1v) is 45.4. The van der Waals surface area contributed by atoms with E-state index in [9.17, 15) is 67.6 Å². The van der Waals surface area contributed by atoms with E-state index < -0.39 is 303 Å². The molecule has 6 aromatic rings. The van der Waals surface area contributed by atoms with Crippen molar-refractivity contribution in [2.75, 3.05) is 72.0 Å².